The Morgan fingerprint density at radius 1 is 1.16 bits per heavy atom. The zero-order valence-corrected chi connectivity index (χ0v) is 19.2. The largest absolute Gasteiger partial charge is 0.490 e. The number of nitrogens with one attached hydrogen (secondary N) is 1. The standard InChI is InChI=1S/C25H30ClN3O2/c1-4-30-23-13-19(12-21(26)25(23)31-16-17(2)3)24-20-15-29(11-10-22(20)27-28-24)14-18-8-6-5-7-9-18/h5-9,12-13,17H,4,10-11,14-16H2,1-3H3,(H,27,28). The first-order chi connectivity index (χ1) is 15.0. The van der Waals surface area contributed by atoms with E-state index in [2.05, 4.69) is 59.3 Å². The maximum Gasteiger partial charge on any atom is 0.179 e. The van der Waals surface area contributed by atoms with Gasteiger partial charge in [0.1, 0.15) is 0 Å². The number of halogens is 1. The SMILES string of the molecule is CCOc1cc(-c2n[nH]c3c2CN(Cc2ccccc2)CC3)cc(Cl)c1OCC(C)C. The van der Waals surface area contributed by atoms with E-state index in [0.29, 0.717) is 35.7 Å². The summed E-state index contributed by atoms with van der Waals surface area (Å²) in [5.74, 6) is 1.68. The van der Waals surface area contributed by atoms with E-state index in [9.17, 15) is 0 Å². The number of benzene rings is 2. The number of nitrogens with zero attached hydrogens (tertiary/aromatic N) is 2. The molecule has 164 valence electrons. The van der Waals surface area contributed by atoms with Crippen LogP contribution in [0.25, 0.3) is 11.3 Å². The molecule has 0 saturated carbocycles. The number of ether oxygens (including phenoxy) is 2. The van der Waals surface area contributed by atoms with Crippen molar-refractivity contribution >= 4 is 11.6 Å². The second-order valence-corrected chi connectivity index (χ2v) is 8.81. The third-order valence-corrected chi connectivity index (χ3v) is 5.69. The van der Waals surface area contributed by atoms with Crippen LogP contribution in [0.1, 0.15) is 37.6 Å². The molecule has 0 bridgehead atoms. The molecular formula is C25H30ClN3O2. The zero-order chi connectivity index (χ0) is 21.8. The van der Waals surface area contributed by atoms with Crippen molar-refractivity contribution in [3.05, 3.63) is 64.3 Å². The van der Waals surface area contributed by atoms with Gasteiger partial charge >= 0.3 is 0 Å². The Morgan fingerprint density at radius 3 is 2.71 bits per heavy atom. The first-order valence-electron chi connectivity index (χ1n) is 11.0. The highest BCUT2D eigenvalue weighted by Gasteiger charge is 2.24. The van der Waals surface area contributed by atoms with Gasteiger partial charge in [0.2, 0.25) is 0 Å². The van der Waals surface area contributed by atoms with Crippen LogP contribution >= 0.6 is 11.6 Å². The van der Waals surface area contributed by atoms with E-state index < -0.39 is 0 Å². The Hall–Kier alpha value is -2.50. The molecular weight excluding hydrogens is 410 g/mol. The summed E-state index contributed by atoms with van der Waals surface area (Å²) in [6, 6.07) is 14.5. The van der Waals surface area contributed by atoms with Crippen molar-refractivity contribution in [2.75, 3.05) is 19.8 Å². The van der Waals surface area contributed by atoms with Gasteiger partial charge in [-0.1, -0.05) is 55.8 Å². The molecule has 0 amide bonds. The number of aromatic nitrogens is 2. The van der Waals surface area contributed by atoms with Crippen LogP contribution in [0.5, 0.6) is 11.5 Å². The highest BCUT2D eigenvalue weighted by atomic mass is 35.5. The summed E-state index contributed by atoms with van der Waals surface area (Å²) in [5.41, 5.74) is 5.64. The topological polar surface area (TPSA) is 50.4 Å². The average Bonchev–Trinajstić information content (AvgIpc) is 3.17. The summed E-state index contributed by atoms with van der Waals surface area (Å²) in [4.78, 5) is 2.46. The summed E-state index contributed by atoms with van der Waals surface area (Å²) in [6.45, 7) is 10.1. The summed E-state index contributed by atoms with van der Waals surface area (Å²) in [7, 11) is 0. The number of fused-ring (bicyclic) bond motifs is 1. The van der Waals surface area contributed by atoms with Crippen molar-refractivity contribution in [1.29, 1.82) is 0 Å². The fourth-order valence-corrected chi connectivity index (χ4v) is 4.19. The molecule has 5 nitrogen and oxygen atoms in total. The van der Waals surface area contributed by atoms with Gasteiger partial charge in [0.15, 0.2) is 11.5 Å². The van der Waals surface area contributed by atoms with Crippen molar-refractivity contribution < 1.29 is 9.47 Å². The molecule has 2 heterocycles. The smallest absolute Gasteiger partial charge is 0.179 e. The minimum atomic E-state index is 0.402. The first kappa shape index (κ1) is 21.7. The summed E-state index contributed by atoms with van der Waals surface area (Å²) in [6.07, 6.45) is 0.955. The predicted molar refractivity (Wildman–Crippen MR) is 125 cm³/mol. The number of rotatable bonds is 8. The van der Waals surface area contributed by atoms with Crippen molar-refractivity contribution in [3.63, 3.8) is 0 Å². The van der Waals surface area contributed by atoms with Crippen LogP contribution in [0, 0.1) is 5.92 Å². The number of aromatic amines is 1. The van der Waals surface area contributed by atoms with E-state index >= 15 is 0 Å². The maximum atomic E-state index is 6.64. The van der Waals surface area contributed by atoms with E-state index in [-0.39, 0.29) is 0 Å². The quantitative estimate of drug-likeness (QED) is 0.487. The molecule has 1 aliphatic heterocycles. The Bertz CT molecular complexity index is 1020. The number of hydrogen-bond donors (Lipinski definition) is 1. The molecule has 0 radical (unpaired) electrons. The van der Waals surface area contributed by atoms with Gasteiger partial charge in [0, 0.05) is 42.9 Å². The van der Waals surface area contributed by atoms with E-state index in [1.165, 1.54) is 16.8 Å². The molecule has 6 heteroatoms. The Labute approximate surface area is 189 Å². The lowest BCUT2D eigenvalue weighted by atomic mass is 10.00. The van der Waals surface area contributed by atoms with E-state index in [4.69, 9.17) is 21.1 Å². The summed E-state index contributed by atoms with van der Waals surface area (Å²) < 4.78 is 11.8. The Morgan fingerprint density at radius 2 is 1.97 bits per heavy atom. The van der Waals surface area contributed by atoms with Crippen LogP contribution in [-0.4, -0.2) is 34.9 Å². The third-order valence-electron chi connectivity index (χ3n) is 5.41. The minimum absolute atomic E-state index is 0.402. The van der Waals surface area contributed by atoms with Gasteiger partial charge in [0.05, 0.1) is 23.9 Å². The molecule has 3 aromatic rings. The van der Waals surface area contributed by atoms with Crippen molar-refractivity contribution in [3.8, 4) is 22.8 Å². The molecule has 0 aliphatic carbocycles. The molecule has 1 N–H and O–H groups in total. The molecule has 4 rings (SSSR count). The Balaban J connectivity index is 1.61. The highest BCUT2D eigenvalue weighted by Crippen LogP contribution is 2.41. The second-order valence-electron chi connectivity index (χ2n) is 8.40. The van der Waals surface area contributed by atoms with Gasteiger partial charge in [-0.15, -0.1) is 0 Å². The summed E-state index contributed by atoms with van der Waals surface area (Å²) in [5, 5.41) is 8.44. The zero-order valence-electron chi connectivity index (χ0n) is 18.5. The lowest BCUT2D eigenvalue weighted by Crippen LogP contribution is -2.29. The van der Waals surface area contributed by atoms with Gasteiger partial charge in [-0.25, -0.2) is 0 Å². The average molecular weight is 440 g/mol. The fourth-order valence-electron chi connectivity index (χ4n) is 3.92. The molecule has 2 aromatic carbocycles. The normalized spacial score (nSPS) is 14.0. The van der Waals surface area contributed by atoms with Crippen molar-refractivity contribution in [1.82, 2.24) is 15.1 Å². The van der Waals surface area contributed by atoms with Crippen molar-refractivity contribution in [2.45, 2.75) is 40.3 Å². The Kier molecular flexibility index (Phi) is 6.83. The van der Waals surface area contributed by atoms with Crippen LogP contribution in [0.2, 0.25) is 5.02 Å². The van der Waals surface area contributed by atoms with E-state index in [1.807, 2.05) is 19.1 Å². The molecule has 31 heavy (non-hydrogen) atoms. The summed E-state index contributed by atoms with van der Waals surface area (Å²) >= 11 is 6.64. The van der Waals surface area contributed by atoms with E-state index in [0.717, 1.165) is 37.3 Å². The first-order valence-corrected chi connectivity index (χ1v) is 11.3. The molecule has 0 unspecified atom stereocenters. The van der Waals surface area contributed by atoms with Gasteiger partial charge in [-0.05, 0) is 30.5 Å². The second kappa shape index (κ2) is 9.75. The number of H-pyrrole nitrogens is 1. The van der Waals surface area contributed by atoms with Crippen LogP contribution < -0.4 is 9.47 Å². The fraction of sp³-hybridized carbons (Fsp3) is 0.400. The van der Waals surface area contributed by atoms with Gasteiger partial charge in [0.25, 0.3) is 0 Å². The maximum absolute atomic E-state index is 6.64. The molecule has 1 aromatic heterocycles. The predicted octanol–water partition coefficient (Wildman–Crippen LogP) is 5.72. The lowest BCUT2D eigenvalue weighted by molar-refractivity contribution is 0.245. The van der Waals surface area contributed by atoms with E-state index in [1.54, 1.807) is 0 Å². The van der Waals surface area contributed by atoms with Gasteiger partial charge in [-0.3, -0.25) is 10.00 Å². The van der Waals surface area contributed by atoms with Crippen LogP contribution in [0.15, 0.2) is 42.5 Å². The molecule has 1 aliphatic rings. The van der Waals surface area contributed by atoms with Crippen LogP contribution in [0.4, 0.5) is 0 Å². The number of hydrogen-bond acceptors (Lipinski definition) is 4. The van der Waals surface area contributed by atoms with Gasteiger partial charge in [-0.2, -0.15) is 5.10 Å². The highest BCUT2D eigenvalue weighted by molar-refractivity contribution is 6.32. The lowest BCUT2D eigenvalue weighted by Gasteiger charge is -2.27. The molecule has 0 saturated heterocycles. The molecule has 0 spiro atoms. The minimum Gasteiger partial charge on any atom is -0.490 e. The third kappa shape index (κ3) is 5.05. The molecule has 0 fully saturated rings. The van der Waals surface area contributed by atoms with Crippen LogP contribution in [-0.2, 0) is 19.5 Å². The van der Waals surface area contributed by atoms with Crippen LogP contribution in [0.3, 0.4) is 0 Å². The molecule has 0 atom stereocenters. The monoisotopic (exact) mass is 439 g/mol. The van der Waals surface area contributed by atoms with Crippen molar-refractivity contribution in [2.24, 2.45) is 5.92 Å². The van der Waals surface area contributed by atoms with Gasteiger partial charge < -0.3 is 9.47 Å².